The molecular formula is C45H88O12Si10. The predicted octanol–water partition coefficient (Wildman–Crippen LogP) is 13.7. The number of rotatable bonds is 14. The highest BCUT2D eigenvalue weighted by molar-refractivity contribution is 7.08. The van der Waals surface area contributed by atoms with Gasteiger partial charge in [-0.05, 0) is 89.9 Å². The zero-order valence-corrected chi connectivity index (χ0v) is 52.3. The first-order chi connectivity index (χ1) is 32.2. The maximum absolute atomic E-state index is 8.69. The van der Waals surface area contributed by atoms with Crippen molar-refractivity contribution in [2.24, 2.45) is 0 Å². The van der Waals surface area contributed by atoms with E-state index in [2.05, 4.69) is 33.1 Å². The van der Waals surface area contributed by atoms with E-state index in [4.69, 9.17) is 49.4 Å². The molecule has 0 aromatic rings. The van der Waals surface area contributed by atoms with Crippen molar-refractivity contribution in [1.29, 1.82) is 0 Å². The van der Waals surface area contributed by atoms with Gasteiger partial charge in [0.2, 0.25) is 0 Å². The highest BCUT2D eigenvalue weighted by atomic mass is 28.6. The predicted molar refractivity (Wildman–Crippen MR) is 279 cm³/mol. The molecule has 0 unspecified atom stereocenters. The van der Waals surface area contributed by atoms with Gasteiger partial charge in [-0.25, -0.2) is 0 Å². The minimum Gasteiger partial charge on any atom is -0.373 e. The van der Waals surface area contributed by atoms with E-state index in [9.17, 15) is 0 Å². The summed E-state index contributed by atoms with van der Waals surface area (Å²) in [5.41, 5.74) is 2.65. The molecule has 13 rings (SSSR count). The van der Waals surface area contributed by atoms with Crippen LogP contribution < -0.4 is 0 Å². The van der Waals surface area contributed by atoms with Gasteiger partial charge in [0.25, 0.3) is 0 Å². The molecule has 6 heterocycles. The molecule has 0 spiro atoms. The van der Waals surface area contributed by atoms with E-state index in [1.165, 1.54) is 24.6 Å². The van der Waals surface area contributed by atoms with E-state index >= 15 is 0 Å². The molecule has 0 atom stereocenters. The van der Waals surface area contributed by atoms with Gasteiger partial charge in [0.15, 0.2) is 0 Å². The van der Waals surface area contributed by atoms with Gasteiger partial charge >= 0.3 is 70.4 Å². The van der Waals surface area contributed by atoms with Crippen LogP contribution in [0, 0.1) is 0 Å². The van der Waals surface area contributed by atoms with Crippen LogP contribution in [-0.2, 0) is 49.4 Å². The van der Waals surface area contributed by atoms with Gasteiger partial charge < -0.3 is 49.4 Å². The second-order valence-corrected chi connectivity index (χ2v) is 63.1. The molecule has 22 heteroatoms. The zero-order chi connectivity index (χ0) is 45.9. The van der Waals surface area contributed by atoms with E-state index in [1.54, 1.807) is 0 Å². The van der Waals surface area contributed by atoms with Gasteiger partial charge in [-0.15, -0.1) is 0 Å². The molecule has 0 N–H and O–H groups in total. The van der Waals surface area contributed by atoms with Gasteiger partial charge in [-0.1, -0.05) is 148 Å². The molecule has 13 aliphatic rings. The SMILES string of the molecule is CCCC[Si](C)(C)C[Si](C)(C)C[Si]12O[Si]3(C4CCCC4)O[Si]4(C5CCCC5)O[Si](C5CCCC5)(O1)O[Si]1(C5CCCC5)O[Si](C5CCCC5)(O2)O[Si](C2CCCC2)(O3)O[Si](C2CCCC2)(O4)O1. The molecule has 380 valence electrons. The van der Waals surface area contributed by atoms with Crippen molar-refractivity contribution in [2.45, 2.75) is 282 Å². The van der Waals surface area contributed by atoms with E-state index in [-0.39, 0.29) is 38.8 Å². The summed E-state index contributed by atoms with van der Waals surface area (Å²) in [5, 5.41) is 0. The third kappa shape index (κ3) is 8.85. The Labute approximate surface area is 415 Å². The van der Waals surface area contributed by atoms with Crippen molar-refractivity contribution >= 4 is 86.6 Å². The van der Waals surface area contributed by atoms with Crippen LogP contribution in [0.4, 0.5) is 0 Å². The summed E-state index contributed by atoms with van der Waals surface area (Å²) < 4.78 is 104. The quantitative estimate of drug-likeness (QED) is 0.154. The molecule has 67 heavy (non-hydrogen) atoms. The summed E-state index contributed by atoms with van der Waals surface area (Å²) in [4.78, 5) is 0. The average molecular weight is 1100 g/mol. The van der Waals surface area contributed by atoms with Crippen molar-refractivity contribution in [3.63, 3.8) is 0 Å². The molecule has 0 amide bonds. The molecule has 0 aromatic heterocycles. The number of hydrogen-bond donors (Lipinski definition) is 0. The molecular weight excluding hydrogens is 1010 g/mol. The Kier molecular flexibility index (Phi) is 13.7. The minimum absolute atomic E-state index is 0.0789. The van der Waals surface area contributed by atoms with Gasteiger partial charge in [-0.3, -0.25) is 0 Å². The zero-order valence-electron chi connectivity index (χ0n) is 42.3. The standard InChI is InChI=1S/C45H88O12Si10/c1-6-7-36-58(2,3)37-59(4,5)38-60-46-61(39-22-8-9-23-39)49-64(42-28-14-15-29-42)51-62(47-60,40-24-10-11-25-40)53-66(44-32-18-19-33-44)54-63(48-60,41-26-12-13-27-41)52-65(50-61,43-30-16-17-31-43)56-67(55-64,57-66)45-34-20-21-35-45/h39-45H,6-38H2,1-5H3. The van der Waals surface area contributed by atoms with E-state index < -0.39 is 86.6 Å². The Hall–Kier alpha value is 1.69. The molecule has 7 aliphatic carbocycles. The minimum atomic E-state index is -3.97. The molecule has 0 aromatic carbocycles. The summed E-state index contributed by atoms with van der Waals surface area (Å²) in [5.74, 6) is 0. The number of hydrogen-bond acceptors (Lipinski definition) is 12. The Balaban J connectivity index is 1.16. The van der Waals surface area contributed by atoms with Crippen LogP contribution in [0.5, 0.6) is 0 Å². The van der Waals surface area contributed by atoms with Gasteiger partial charge in [0.05, 0.1) is 8.07 Å². The monoisotopic (exact) mass is 1100 g/mol. The first-order valence-corrected chi connectivity index (χ1v) is 50.0. The van der Waals surface area contributed by atoms with Crippen molar-refractivity contribution in [3.05, 3.63) is 0 Å². The maximum Gasteiger partial charge on any atom is 0.482 e. The maximum atomic E-state index is 8.69. The number of unbranched alkanes of at least 4 members (excludes halogenated alkanes) is 1. The van der Waals surface area contributed by atoms with Crippen LogP contribution in [0.1, 0.15) is 200 Å². The van der Waals surface area contributed by atoms with Crippen LogP contribution in [-0.4, -0.2) is 86.6 Å². The van der Waals surface area contributed by atoms with Crippen LogP contribution in [0.25, 0.3) is 0 Å². The molecule has 6 saturated heterocycles. The van der Waals surface area contributed by atoms with E-state index in [0.29, 0.717) is 0 Å². The third-order valence-corrected chi connectivity index (χ3v) is 72.9. The van der Waals surface area contributed by atoms with E-state index in [0.717, 1.165) is 185 Å². The Morgan fingerprint density at radius 3 is 0.731 bits per heavy atom. The van der Waals surface area contributed by atoms with Gasteiger partial charge in [0, 0.05) is 52.5 Å². The van der Waals surface area contributed by atoms with Gasteiger partial charge in [-0.2, -0.15) is 0 Å². The summed E-state index contributed by atoms with van der Waals surface area (Å²) in [6.07, 6.45) is 32.5. The first-order valence-electron chi connectivity index (χ1n) is 28.6. The molecule has 13 fully saturated rings. The highest BCUT2D eigenvalue weighted by Gasteiger charge is 2.88. The second-order valence-electron chi connectivity index (χ2n) is 25.8. The highest BCUT2D eigenvalue weighted by Crippen LogP contribution is 2.66. The van der Waals surface area contributed by atoms with Crippen molar-refractivity contribution in [2.75, 3.05) is 0 Å². The molecule has 8 bridgehead atoms. The van der Waals surface area contributed by atoms with Crippen LogP contribution in [0.2, 0.25) is 82.4 Å². The molecule has 0 radical (unpaired) electrons. The summed E-state index contributed by atoms with van der Waals surface area (Å²) in [6.45, 7) is 12.9. The fourth-order valence-corrected chi connectivity index (χ4v) is 92.2. The Morgan fingerprint density at radius 2 is 0.522 bits per heavy atom. The first kappa shape index (κ1) is 49.6. The molecule has 12 nitrogen and oxygen atoms in total. The Bertz CT molecular complexity index is 1600. The van der Waals surface area contributed by atoms with Crippen LogP contribution >= 0.6 is 0 Å². The molecule has 6 aliphatic heterocycles. The summed E-state index contributed by atoms with van der Waals surface area (Å²) in [6, 6.07) is 1.35. The largest absolute Gasteiger partial charge is 0.482 e. The lowest BCUT2D eigenvalue weighted by Crippen LogP contribution is -2.91. The third-order valence-electron chi connectivity index (χ3n) is 19.3. The van der Waals surface area contributed by atoms with Crippen LogP contribution in [0.15, 0.2) is 0 Å². The summed E-state index contributed by atoms with van der Waals surface area (Å²) in [7, 11) is -35.2. The second kappa shape index (κ2) is 18.5. The Morgan fingerprint density at radius 1 is 0.313 bits per heavy atom. The average Bonchev–Trinajstić information content (AvgIpc) is 4.08. The van der Waals surface area contributed by atoms with Crippen molar-refractivity contribution < 1.29 is 49.4 Å². The van der Waals surface area contributed by atoms with Crippen molar-refractivity contribution in [1.82, 2.24) is 0 Å². The van der Waals surface area contributed by atoms with Crippen LogP contribution in [0.3, 0.4) is 0 Å². The lowest BCUT2D eigenvalue weighted by molar-refractivity contribution is -0.0448. The normalized spacial score (nSPS) is 45.4. The topological polar surface area (TPSA) is 111 Å². The fraction of sp³-hybridized carbons (Fsp3) is 1.00. The lowest BCUT2D eigenvalue weighted by atomic mass is 10.4. The smallest absolute Gasteiger partial charge is 0.373 e. The lowest BCUT2D eigenvalue weighted by Gasteiger charge is -2.67. The molecule has 7 saturated carbocycles. The summed E-state index contributed by atoms with van der Waals surface area (Å²) >= 11 is 0. The van der Waals surface area contributed by atoms with Gasteiger partial charge in [0.1, 0.15) is 0 Å². The van der Waals surface area contributed by atoms with Crippen molar-refractivity contribution in [3.8, 4) is 0 Å². The van der Waals surface area contributed by atoms with E-state index in [1.807, 2.05) is 0 Å². The fourth-order valence-electron chi connectivity index (χ4n) is 16.4.